The molecule has 0 amide bonds. The third kappa shape index (κ3) is 2.44. The molecule has 92 valence electrons. The van der Waals surface area contributed by atoms with Crippen molar-refractivity contribution in [3.63, 3.8) is 0 Å². The Morgan fingerprint density at radius 3 is 2.82 bits per heavy atom. The molecule has 2 aromatic rings. The summed E-state index contributed by atoms with van der Waals surface area (Å²) < 4.78 is 5.31. The number of aryl methyl sites for hydroxylation is 2. The molecule has 3 nitrogen and oxygen atoms in total. The molecule has 3 N–H and O–H groups in total. The molecule has 0 saturated carbocycles. The third-order valence-corrected chi connectivity index (χ3v) is 3.15. The fourth-order valence-corrected chi connectivity index (χ4v) is 2.14. The van der Waals surface area contributed by atoms with E-state index in [1.54, 1.807) is 7.11 Å². The minimum absolute atomic E-state index is 0.242. The molecule has 0 saturated heterocycles. The van der Waals surface area contributed by atoms with Gasteiger partial charge >= 0.3 is 0 Å². The van der Waals surface area contributed by atoms with Crippen molar-refractivity contribution in [2.75, 3.05) is 7.11 Å². The van der Waals surface area contributed by atoms with Crippen LogP contribution < -0.4 is 10.5 Å². The number of aromatic nitrogens is 1. The van der Waals surface area contributed by atoms with E-state index in [-0.39, 0.29) is 6.04 Å². The van der Waals surface area contributed by atoms with Crippen molar-refractivity contribution >= 4 is 10.9 Å². The average molecular weight is 232 g/mol. The normalized spacial score (nSPS) is 12.9. The van der Waals surface area contributed by atoms with Crippen molar-refractivity contribution in [1.29, 1.82) is 0 Å². The molecule has 1 aromatic heterocycles. The van der Waals surface area contributed by atoms with E-state index in [0.717, 1.165) is 18.6 Å². The summed E-state index contributed by atoms with van der Waals surface area (Å²) in [6.07, 6.45) is 4.09. The fourth-order valence-electron chi connectivity index (χ4n) is 2.14. The van der Waals surface area contributed by atoms with E-state index in [0.29, 0.717) is 0 Å². The van der Waals surface area contributed by atoms with Crippen molar-refractivity contribution in [3.05, 3.63) is 29.5 Å². The van der Waals surface area contributed by atoms with E-state index in [9.17, 15) is 0 Å². The highest BCUT2D eigenvalue weighted by atomic mass is 16.5. The number of fused-ring (bicyclic) bond motifs is 1. The van der Waals surface area contributed by atoms with Crippen LogP contribution >= 0.6 is 0 Å². The minimum atomic E-state index is 0.242. The molecule has 0 spiro atoms. The first-order valence-electron chi connectivity index (χ1n) is 6.02. The van der Waals surface area contributed by atoms with Crippen LogP contribution in [0.15, 0.2) is 18.3 Å². The van der Waals surface area contributed by atoms with Crippen molar-refractivity contribution in [3.8, 4) is 5.75 Å². The Morgan fingerprint density at radius 2 is 2.18 bits per heavy atom. The Morgan fingerprint density at radius 1 is 1.41 bits per heavy atom. The minimum Gasteiger partial charge on any atom is -0.497 e. The molecule has 0 aliphatic carbocycles. The lowest BCUT2D eigenvalue weighted by molar-refractivity contribution is 0.415. The molecule has 0 aliphatic rings. The number of hydrogen-bond donors (Lipinski definition) is 2. The van der Waals surface area contributed by atoms with Crippen molar-refractivity contribution in [2.24, 2.45) is 5.73 Å². The molecule has 0 bridgehead atoms. The molecule has 0 radical (unpaired) electrons. The lowest BCUT2D eigenvalue weighted by Crippen LogP contribution is -2.15. The summed E-state index contributed by atoms with van der Waals surface area (Å²) in [5.74, 6) is 0.914. The Labute approximate surface area is 102 Å². The first-order chi connectivity index (χ1) is 8.11. The third-order valence-electron chi connectivity index (χ3n) is 3.15. The molecule has 0 fully saturated rings. The average Bonchev–Trinajstić information content (AvgIpc) is 2.69. The van der Waals surface area contributed by atoms with Gasteiger partial charge in [0, 0.05) is 23.1 Å². The molecule has 1 atom stereocenters. The molecule has 1 aromatic carbocycles. The summed E-state index contributed by atoms with van der Waals surface area (Å²) in [6.45, 7) is 4.14. The van der Waals surface area contributed by atoms with Gasteiger partial charge in [0.05, 0.1) is 7.11 Å². The highest BCUT2D eigenvalue weighted by Gasteiger charge is 2.08. The van der Waals surface area contributed by atoms with Crippen molar-refractivity contribution in [2.45, 2.75) is 32.7 Å². The van der Waals surface area contributed by atoms with Gasteiger partial charge in [0.25, 0.3) is 0 Å². The van der Waals surface area contributed by atoms with Gasteiger partial charge < -0.3 is 15.5 Å². The molecule has 17 heavy (non-hydrogen) atoms. The molecule has 1 unspecified atom stereocenters. The monoisotopic (exact) mass is 232 g/mol. The van der Waals surface area contributed by atoms with E-state index in [4.69, 9.17) is 10.5 Å². The smallest absolute Gasteiger partial charge is 0.119 e. The Kier molecular flexibility index (Phi) is 3.38. The number of methoxy groups -OCH3 is 1. The molecule has 2 rings (SSSR count). The zero-order valence-corrected chi connectivity index (χ0v) is 10.7. The van der Waals surface area contributed by atoms with Crippen LogP contribution in [0, 0.1) is 6.92 Å². The van der Waals surface area contributed by atoms with Crippen LogP contribution in [0.4, 0.5) is 0 Å². The lowest BCUT2D eigenvalue weighted by atomic mass is 10.0. The quantitative estimate of drug-likeness (QED) is 0.851. The van der Waals surface area contributed by atoms with Gasteiger partial charge in [-0.15, -0.1) is 0 Å². The number of nitrogens with one attached hydrogen (secondary N) is 1. The number of ether oxygens (including phenoxy) is 1. The summed E-state index contributed by atoms with van der Waals surface area (Å²) in [5.41, 5.74) is 9.54. The van der Waals surface area contributed by atoms with Gasteiger partial charge in [0.15, 0.2) is 0 Å². The van der Waals surface area contributed by atoms with Crippen LogP contribution in [0.1, 0.15) is 24.5 Å². The standard InChI is InChI=1S/C14H20N2O/c1-9-6-12(17-3)7-13-11(5-4-10(2)15)8-16-14(9)13/h6-8,10,16H,4-5,15H2,1-3H3. The zero-order chi connectivity index (χ0) is 12.4. The number of hydrogen-bond acceptors (Lipinski definition) is 2. The van der Waals surface area contributed by atoms with Gasteiger partial charge in [-0.2, -0.15) is 0 Å². The maximum Gasteiger partial charge on any atom is 0.119 e. The number of nitrogens with two attached hydrogens (primary N) is 1. The summed E-state index contributed by atoms with van der Waals surface area (Å²) in [5, 5.41) is 1.25. The molecule has 1 heterocycles. The predicted molar refractivity (Wildman–Crippen MR) is 71.6 cm³/mol. The second-order valence-corrected chi connectivity index (χ2v) is 4.70. The Hall–Kier alpha value is -1.48. The summed E-state index contributed by atoms with van der Waals surface area (Å²) in [6, 6.07) is 4.38. The number of benzene rings is 1. The van der Waals surface area contributed by atoms with E-state index in [2.05, 4.69) is 24.2 Å². The molecule has 3 heteroatoms. The topological polar surface area (TPSA) is 51.0 Å². The molecular weight excluding hydrogens is 212 g/mol. The van der Waals surface area contributed by atoms with Crippen LogP contribution in [0.5, 0.6) is 5.75 Å². The van der Waals surface area contributed by atoms with Crippen LogP contribution in [-0.4, -0.2) is 18.1 Å². The maximum absolute atomic E-state index is 5.80. The summed E-state index contributed by atoms with van der Waals surface area (Å²) >= 11 is 0. The van der Waals surface area contributed by atoms with Gasteiger partial charge in [-0.3, -0.25) is 0 Å². The highest BCUT2D eigenvalue weighted by Crippen LogP contribution is 2.27. The first kappa shape index (κ1) is 12.0. The second kappa shape index (κ2) is 4.80. The van der Waals surface area contributed by atoms with Gasteiger partial charge in [-0.25, -0.2) is 0 Å². The van der Waals surface area contributed by atoms with Gasteiger partial charge in [-0.05, 0) is 49.9 Å². The first-order valence-corrected chi connectivity index (χ1v) is 6.02. The lowest BCUT2D eigenvalue weighted by Gasteiger charge is -2.06. The Bertz CT molecular complexity index is 514. The Balaban J connectivity index is 2.40. The fraction of sp³-hybridized carbons (Fsp3) is 0.429. The number of rotatable bonds is 4. The van der Waals surface area contributed by atoms with Gasteiger partial charge in [-0.1, -0.05) is 0 Å². The number of H-pyrrole nitrogens is 1. The van der Waals surface area contributed by atoms with E-state index in [1.165, 1.54) is 22.0 Å². The van der Waals surface area contributed by atoms with Crippen LogP contribution in [-0.2, 0) is 6.42 Å². The number of aromatic amines is 1. The summed E-state index contributed by atoms with van der Waals surface area (Å²) in [4.78, 5) is 3.34. The highest BCUT2D eigenvalue weighted by molar-refractivity contribution is 5.87. The van der Waals surface area contributed by atoms with E-state index < -0.39 is 0 Å². The largest absolute Gasteiger partial charge is 0.497 e. The SMILES string of the molecule is COc1cc(C)c2[nH]cc(CCC(C)N)c2c1. The van der Waals surface area contributed by atoms with Crippen LogP contribution in [0.25, 0.3) is 10.9 Å². The van der Waals surface area contributed by atoms with E-state index >= 15 is 0 Å². The maximum atomic E-state index is 5.80. The van der Waals surface area contributed by atoms with Crippen molar-refractivity contribution < 1.29 is 4.74 Å². The summed E-state index contributed by atoms with van der Waals surface area (Å²) in [7, 11) is 1.70. The molecule has 0 aliphatic heterocycles. The second-order valence-electron chi connectivity index (χ2n) is 4.70. The predicted octanol–water partition coefficient (Wildman–Crippen LogP) is 2.76. The van der Waals surface area contributed by atoms with E-state index in [1.807, 2.05) is 13.0 Å². The van der Waals surface area contributed by atoms with Gasteiger partial charge in [0.2, 0.25) is 0 Å². The zero-order valence-electron chi connectivity index (χ0n) is 10.7. The van der Waals surface area contributed by atoms with Crippen molar-refractivity contribution in [1.82, 2.24) is 4.98 Å². The van der Waals surface area contributed by atoms with Crippen LogP contribution in [0.2, 0.25) is 0 Å². The molecular formula is C14H20N2O. The van der Waals surface area contributed by atoms with Crippen LogP contribution in [0.3, 0.4) is 0 Å². The van der Waals surface area contributed by atoms with Gasteiger partial charge in [0.1, 0.15) is 5.75 Å².